The molecule has 0 spiro atoms. The van der Waals surface area contributed by atoms with Crippen LogP contribution in [0.15, 0.2) is 41.9 Å². The van der Waals surface area contributed by atoms with Gasteiger partial charge in [-0.2, -0.15) is 4.99 Å². The van der Waals surface area contributed by atoms with Gasteiger partial charge in [-0.1, -0.05) is 18.7 Å². The van der Waals surface area contributed by atoms with Crippen LogP contribution >= 0.6 is 0 Å². The Balaban J connectivity index is 1.43. The average Bonchev–Trinajstić information content (AvgIpc) is 3.25. The first kappa shape index (κ1) is 24.6. The number of carbonyl (C=O) groups excluding carboxylic acids is 1. The molecule has 0 fully saturated rings. The number of allylic oxidation sites excluding steroid dienone is 1. The molecule has 1 aliphatic carbocycles. The highest BCUT2D eigenvalue weighted by molar-refractivity contribution is 7.92. The van der Waals surface area contributed by atoms with Crippen LogP contribution in [0.3, 0.4) is 0 Å². The number of amides is 1. The normalized spacial score (nSPS) is 18.2. The third-order valence-corrected chi connectivity index (χ3v) is 6.33. The Morgan fingerprint density at radius 3 is 2.66 bits per heavy atom. The molecule has 0 aromatic heterocycles. The van der Waals surface area contributed by atoms with Crippen LogP contribution in [0, 0.1) is 11.6 Å². The number of benzene rings is 2. The van der Waals surface area contributed by atoms with Gasteiger partial charge >= 0.3 is 6.08 Å². The summed E-state index contributed by atoms with van der Waals surface area (Å²) in [5.74, 6) is -2.11. The van der Waals surface area contributed by atoms with Crippen molar-refractivity contribution in [1.29, 1.82) is 0 Å². The summed E-state index contributed by atoms with van der Waals surface area (Å²) in [6.07, 6.45) is 3.49. The number of nitrogens with one attached hydrogen (secondary N) is 2. The predicted molar refractivity (Wildman–Crippen MR) is 128 cm³/mol. The van der Waals surface area contributed by atoms with Gasteiger partial charge < -0.3 is 14.8 Å². The van der Waals surface area contributed by atoms with E-state index in [4.69, 9.17) is 9.47 Å². The minimum Gasteiger partial charge on any atom is -0.448 e. The smallest absolute Gasteiger partial charge is 0.390 e. The van der Waals surface area contributed by atoms with Gasteiger partial charge in [-0.3, -0.25) is 9.52 Å². The van der Waals surface area contributed by atoms with E-state index in [0.717, 1.165) is 54.4 Å². The number of sulfonamides is 1. The number of rotatable bonds is 6. The molecule has 11 heteroatoms. The Morgan fingerprint density at radius 1 is 1.26 bits per heavy atom. The SMILES string of the molecule is C=C1CCCc2c(OC3=NC(C(=O)N[C@H](C)c4cc(F)c(NS(C)(=O)=O)c(F)c4)CO3)cccc21. The molecule has 1 amide bonds. The van der Waals surface area contributed by atoms with Crippen molar-refractivity contribution in [3.05, 3.63) is 65.2 Å². The Hall–Kier alpha value is -3.47. The molecule has 4 rings (SSSR count). The topological polar surface area (TPSA) is 106 Å². The molecule has 1 unspecified atom stereocenters. The van der Waals surface area contributed by atoms with Crippen molar-refractivity contribution in [2.45, 2.75) is 38.3 Å². The summed E-state index contributed by atoms with van der Waals surface area (Å²) in [6, 6.07) is 5.89. The number of carbonyl (C=O) groups is 1. The van der Waals surface area contributed by atoms with Crippen molar-refractivity contribution in [2.24, 2.45) is 4.99 Å². The fourth-order valence-corrected chi connectivity index (χ4v) is 4.58. The van der Waals surface area contributed by atoms with Gasteiger partial charge in [0.25, 0.3) is 0 Å². The van der Waals surface area contributed by atoms with Crippen LogP contribution in [-0.4, -0.2) is 39.3 Å². The van der Waals surface area contributed by atoms with E-state index in [1.54, 1.807) is 4.72 Å². The second-order valence-electron chi connectivity index (χ2n) is 8.53. The molecule has 8 nitrogen and oxygen atoms in total. The first-order valence-corrected chi connectivity index (χ1v) is 12.9. The number of fused-ring (bicyclic) bond motifs is 1. The van der Waals surface area contributed by atoms with Crippen LogP contribution in [0.1, 0.15) is 42.5 Å². The maximum absolute atomic E-state index is 14.3. The molecule has 2 aromatic rings. The fraction of sp³-hybridized carbons (Fsp3) is 0.333. The largest absolute Gasteiger partial charge is 0.448 e. The molecule has 0 bridgehead atoms. The first-order valence-electron chi connectivity index (χ1n) is 11.0. The zero-order chi connectivity index (χ0) is 25.3. The second kappa shape index (κ2) is 9.65. The predicted octanol–water partition coefficient (Wildman–Crippen LogP) is 3.70. The zero-order valence-electron chi connectivity index (χ0n) is 19.2. The Bertz CT molecular complexity index is 1300. The summed E-state index contributed by atoms with van der Waals surface area (Å²) >= 11 is 0. The zero-order valence-corrected chi connectivity index (χ0v) is 20.0. The number of hydrogen-bond donors (Lipinski definition) is 2. The van der Waals surface area contributed by atoms with Crippen LogP contribution in [0.5, 0.6) is 5.75 Å². The lowest BCUT2D eigenvalue weighted by Crippen LogP contribution is -2.36. The maximum Gasteiger partial charge on any atom is 0.390 e. The Kier molecular flexibility index (Phi) is 6.79. The van der Waals surface area contributed by atoms with E-state index in [1.807, 2.05) is 18.2 Å². The highest BCUT2D eigenvalue weighted by Gasteiger charge is 2.30. The second-order valence-corrected chi connectivity index (χ2v) is 10.3. The molecule has 0 saturated carbocycles. The number of ether oxygens (including phenoxy) is 2. The van der Waals surface area contributed by atoms with Crippen LogP contribution in [0.4, 0.5) is 14.5 Å². The molecule has 1 heterocycles. The van der Waals surface area contributed by atoms with Gasteiger partial charge in [-0.15, -0.1) is 0 Å². The molecule has 186 valence electrons. The molecule has 2 aliphatic rings. The van der Waals surface area contributed by atoms with E-state index in [1.165, 1.54) is 6.92 Å². The van der Waals surface area contributed by atoms with Crippen LogP contribution in [0.2, 0.25) is 0 Å². The summed E-state index contributed by atoms with van der Waals surface area (Å²) < 4.78 is 64.3. The van der Waals surface area contributed by atoms with E-state index in [2.05, 4.69) is 16.9 Å². The van der Waals surface area contributed by atoms with Crippen LogP contribution in [-0.2, 0) is 26.0 Å². The number of hydrogen-bond acceptors (Lipinski definition) is 6. The fourth-order valence-electron chi connectivity index (χ4n) is 4.02. The standard InChI is InChI=1S/C24H25F2N3O5S/c1-13-6-4-8-17-16(13)7-5-9-21(17)34-24-28-20(12-33-24)23(30)27-14(2)15-10-18(25)22(19(26)11-15)29-35(3,31)32/h5,7,9-11,14,20,29H,1,4,6,8,12H2,2-3H3,(H,27,30)/t14-,20?/m1/s1. The molecule has 0 saturated heterocycles. The molecule has 0 radical (unpaired) electrons. The number of aliphatic imine (C=N–C) groups is 1. The number of anilines is 1. The highest BCUT2D eigenvalue weighted by atomic mass is 32.2. The lowest BCUT2D eigenvalue weighted by atomic mass is 9.88. The Labute approximate surface area is 202 Å². The minimum atomic E-state index is -3.87. The summed E-state index contributed by atoms with van der Waals surface area (Å²) in [5.41, 5.74) is 2.45. The monoisotopic (exact) mass is 505 g/mol. The molecule has 35 heavy (non-hydrogen) atoms. The van der Waals surface area contributed by atoms with Gasteiger partial charge in [-0.05, 0) is 61.1 Å². The van der Waals surface area contributed by atoms with Gasteiger partial charge in [0.1, 0.15) is 18.0 Å². The van der Waals surface area contributed by atoms with Gasteiger partial charge in [0.05, 0.1) is 12.3 Å². The van der Waals surface area contributed by atoms with Crippen molar-refractivity contribution in [3.63, 3.8) is 0 Å². The van der Waals surface area contributed by atoms with E-state index < -0.39 is 45.3 Å². The lowest BCUT2D eigenvalue weighted by molar-refractivity contribution is -0.123. The van der Waals surface area contributed by atoms with Crippen LogP contribution in [0.25, 0.3) is 5.57 Å². The van der Waals surface area contributed by atoms with Crippen molar-refractivity contribution in [1.82, 2.24) is 5.32 Å². The van der Waals surface area contributed by atoms with E-state index in [9.17, 15) is 22.0 Å². The molecular formula is C24H25F2N3O5S. The summed E-state index contributed by atoms with van der Waals surface area (Å²) in [6.45, 7) is 5.59. The van der Waals surface area contributed by atoms with Crippen LogP contribution < -0.4 is 14.8 Å². The average molecular weight is 506 g/mol. The summed E-state index contributed by atoms with van der Waals surface area (Å²) in [4.78, 5) is 16.9. The summed E-state index contributed by atoms with van der Waals surface area (Å²) in [7, 11) is -3.87. The van der Waals surface area contributed by atoms with Gasteiger partial charge in [0.2, 0.25) is 15.9 Å². The summed E-state index contributed by atoms with van der Waals surface area (Å²) in [5, 5.41) is 2.64. The van der Waals surface area contributed by atoms with Crippen molar-refractivity contribution in [3.8, 4) is 5.75 Å². The Morgan fingerprint density at radius 2 is 1.97 bits per heavy atom. The highest BCUT2D eigenvalue weighted by Crippen LogP contribution is 2.35. The van der Waals surface area contributed by atoms with Crippen molar-refractivity contribution < 1.29 is 31.5 Å². The van der Waals surface area contributed by atoms with E-state index in [-0.39, 0.29) is 18.3 Å². The molecule has 2 N–H and O–H groups in total. The van der Waals surface area contributed by atoms with E-state index >= 15 is 0 Å². The van der Waals surface area contributed by atoms with Crippen molar-refractivity contribution >= 4 is 33.3 Å². The molecule has 2 atom stereocenters. The molecule has 2 aromatic carbocycles. The molecule has 1 aliphatic heterocycles. The third-order valence-electron chi connectivity index (χ3n) is 5.76. The number of halogens is 2. The molecular weight excluding hydrogens is 480 g/mol. The van der Waals surface area contributed by atoms with Gasteiger partial charge in [0, 0.05) is 5.56 Å². The van der Waals surface area contributed by atoms with Gasteiger partial charge in [0.15, 0.2) is 17.7 Å². The maximum atomic E-state index is 14.3. The quantitative estimate of drug-likeness (QED) is 0.623. The lowest BCUT2D eigenvalue weighted by Gasteiger charge is -2.20. The number of nitrogens with zero attached hydrogens (tertiary/aromatic N) is 1. The van der Waals surface area contributed by atoms with E-state index in [0.29, 0.717) is 5.75 Å². The van der Waals surface area contributed by atoms with Crippen molar-refractivity contribution in [2.75, 3.05) is 17.6 Å². The van der Waals surface area contributed by atoms with Gasteiger partial charge in [-0.25, -0.2) is 17.2 Å². The first-order chi connectivity index (χ1) is 16.5. The third kappa shape index (κ3) is 5.61. The minimum absolute atomic E-state index is 0.0318.